The molecule has 1 heterocycles. The first-order valence-corrected chi connectivity index (χ1v) is 7.19. The zero-order valence-electron chi connectivity index (χ0n) is 13.0. The van der Waals surface area contributed by atoms with E-state index >= 15 is 0 Å². The second kappa shape index (κ2) is 7.40. The van der Waals surface area contributed by atoms with Gasteiger partial charge in [-0.2, -0.15) is 0 Å². The Morgan fingerprint density at radius 2 is 1.91 bits per heavy atom. The van der Waals surface area contributed by atoms with Gasteiger partial charge in [0.25, 0.3) is 5.91 Å². The van der Waals surface area contributed by atoms with Crippen LogP contribution >= 0.6 is 0 Å². The van der Waals surface area contributed by atoms with Gasteiger partial charge in [-0.3, -0.25) is 9.59 Å². The van der Waals surface area contributed by atoms with E-state index in [1.54, 1.807) is 0 Å². The monoisotopic (exact) mass is 314 g/mol. The first-order valence-electron chi connectivity index (χ1n) is 7.19. The van der Waals surface area contributed by atoms with E-state index < -0.39 is 12.1 Å². The number of Topliss-reactive ketones (excluding diaryl/α,β-unsaturated/α-hetero) is 1. The Hall–Kier alpha value is -2.89. The van der Waals surface area contributed by atoms with E-state index in [0.29, 0.717) is 12.1 Å². The van der Waals surface area contributed by atoms with Gasteiger partial charge in [-0.25, -0.2) is 4.79 Å². The summed E-state index contributed by atoms with van der Waals surface area (Å²) in [5.41, 5.74) is 1.48. The fourth-order valence-corrected chi connectivity index (χ4v) is 1.92. The number of benzene rings is 1. The van der Waals surface area contributed by atoms with E-state index in [2.05, 4.69) is 10.3 Å². The lowest BCUT2D eigenvalue weighted by atomic mass is 10.2. The van der Waals surface area contributed by atoms with Crippen LogP contribution in [0.15, 0.2) is 42.6 Å². The fourth-order valence-electron chi connectivity index (χ4n) is 1.92. The Labute approximate surface area is 133 Å². The zero-order valence-corrected chi connectivity index (χ0v) is 13.0. The molecule has 1 aromatic heterocycles. The molecule has 0 saturated carbocycles. The molecule has 0 fully saturated rings. The van der Waals surface area contributed by atoms with Gasteiger partial charge in [0.2, 0.25) is 0 Å². The van der Waals surface area contributed by atoms with Gasteiger partial charge < -0.3 is 15.0 Å². The van der Waals surface area contributed by atoms with Gasteiger partial charge in [0.1, 0.15) is 5.69 Å². The van der Waals surface area contributed by atoms with Crippen molar-refractivity contribution in [3.8, 4) is 0 Å². The van der Waals surface area contributed by atoms with Crippen LogP contribution < -0.4 is 5.32 Å². The fraction of sp³-hybridized carbons (Fsp3) is 0.235. The lowest BCUT2D eigenvalue weighted by molar-refractivity contribution is -0.129. The van der Waals surface area contributed by atoms with Crippen molar-refractivity contribution in [1.29, 1.82) is 0 Å². The Balaban J connectivity index is 1.87. The van der Waals surface area contributed by atoms with Crippen LogP contribution in [-0.4, -0.2) is 28.7 Å². The van der Waals surface area contributed by atoms with Crippen LogP contribution in [0.3, 0.4) is 0 Å². The topological polar surface area (TPSA) is 88.3 Å². The van der Waals surface area contributed by atoms with Crippen LogP contribution in [0.5, 0.6) is 0 Å². The van der Waals surface area contributed by atoms with Gasteiger partial charge in [-0.1, -0.05) is 30.3 Å². The van der Waals surface area contributed by atoms with Crippen molar-refractivity contribution in [3.63, 3.8) is 0 Å². The van der Waals surface area contributed by atoms with E-state index in [9.17, 15) is 14.4 Å². The number of esters is 1. The lowest BCUT2D eigenvalue weighted by Crippen LogP contribution is -2.35. The Kier molecular flexibility index (Phi) is 5.30. The minimum absolute atomic E-state index is 0.137. The summed E-state index contributed by atoms with van der Waals surface area (Å²) in [4.78, 5) is 37.7. The van der Waals surface area contributed by atoms with Gasteiger partial charge in [-0.15, -0.1) is 0 Å². The number of H-pyrrole nitrogens is 1. The summed E-state index contributed by atoms with van der Waals surface area (Å²) in [5, 5.41) is 2.70. The third-order valence-electron chi connectivity index (χ3n) is 3.27. The number of aromatic amines is 1. The average Bonchev–Trinajstić information content (AvgIpc) is 3.04. The number of carbonyl (C=O) groups is 3. The lowest BCUT2D eigenvalue weighted by Gasteiger charge is -2.13. The summed E-state index contributed by atoms with van der Waals surface area (Å²) in [6.07, 6.45) is 0.495. The largest absolute Gasteiger partial charge is 0.448 e. The van der Waals surface area contributed by atoms with E-state index in [4.69, 9.17) is 4.74 Å². The highest BCUT2D eigenvalue weighted by Gasteiger charge is 2.20. The highest BCUT2D eigenvalue weighted by molar-refractivity contribution is 5.98. The molecule has 23 heavy (non-hydrogen) atoms. The van der Waals surface area contributed by atoms with E-state index in [-0.39, 0.29) is 17.4 Å². The number of ketones is 1. The summed E-state index contributed by atoms with van der Waals surface area (Å²) in [6.45, 7) is 3.25. The molecule has 120 valence electrons. The standard InChI is InChI=1S/C17H18N2O4/c1-11(20)14-8-15(18-10-14)17(22)23-12(2)16(21)19-9-13-6-4-3-5-7-13/h3-8,10,12,18H,9H2,1-2H3,(H,19,21). The smallest absolute Gasteiger partial charge is 0.355 e. The number of aromatic nitrogens is 1. The van der Waals surface area contributed by atoms with Crippen LogP contribution in [0.4, 0.5) is 0 Å². The highest BCUT2D eigenvalue weighted by atomic mass is 16.5. The molecule has 1 atom stereocenters. The molecule has 0 aliphatic heterocycles. The number of nitrogens with one attached hydrogen (secondary N) is 2. The summed E-state index contributed by atoms with van der Waals surface area (Å²) in [7, 11) is 0. The molecule has 2 aromatic rings. The molecular weight excluding hydrogens is 296 g/mol. The van der Waals surface area contributed by atoms with E-state index in [0.717, 1.165) is 5.56 Å². The van der Waals surface area contributed by atoms with Crippen LogP contribution in [-0.2, 0) is 16.1 Å². The first kappa shape index (κ1) is 16.5. The summed E-state index contributed by atoms with van der Waals surface area (Å²) in [6, 6.07) is 10.8. The number of hydrogen-bond donors (Lipinski definition) is 2. The summed E-state index contributed by atoms with van der Waals surface area (Å²) < 4.78 is 5.09. The summed E-state index contributed by atoms with van der Waals surface area (Å²) in [5.74, 6) is -1.23. The van der Waals surface area contributed by atoms with Gasteiger partial charge >= 0.3 is 5.97 Å². The quantitative estimate of drug-likeness (QED) is 0.631. The van der Waals surface area contributed by atoms with Crippen molar-refractivity contribution in [2.24, 2.45) is 0 Å². The molecule has 1 amide bonds. The van der Waals surface area contributed by atoms with Crippen molar-refractivity contribution in [3.05, 3.63) is 59.4 Å². The maximum absolute atomic E-state index is 11.9. The molecule has 0 aliphatic rings. The van der Waals surface area contributed by atoms with Crippen molar-refractivity contribution >= 4 is 17.7 Å². The number of rotatable bonds is 6. The maximum Gasteiger partial charge on any atom is 0.355 e. The molecule has 0 radical (unpaired) electrons. The van der Waals surface area contributed by atoms with Crippen molar-refractivity contribution in [1.82, 2.24) is 10.3 Å². The molecule has 0 spiro atoms. The van der Waals surface area contributed by atoms with Gasteiger partial charge in [0.15, 0.2) is 11.9 Å². The van der Waals surface area contributed by atoms with E-state index in [1.807, 2.05) is 30.3 Å². The predicted octanol–water partition coefficient (Wildman–Crippen LogP) is 2.08. The van der Waals surface area contributed by atoms with E-state index in [1.165, 1.54) is 26.1 Å². The Bertz CT molecular complexity index is 706. The normalized spacial score (nSPS) is 11.6. The third-order valence-corrected chi connectivity index (χ3v) is 3.27. The highest BCUT2D eigenvalue weighted by Crippen LogP contribution is 2.07. The second-order valence-corrected chi connectivity index (χ2v) is 5.11. The second-order valence-electron chi connectivity index (χ2n) is 5.11. The number of carbonyl (C=O) groups excluding carboxylic acids is 3. The Morgan fingerprint density at radius 3 is 2.52 bits per heavy atom. The third kappa shape index (κ3) is 4.54. The predicted molar refractivity (Wildman–Crippen MR) is 84.0 cm³/mol. The van der Waals surface area contributed by atoms with Crippen molar-refractivity contribution in [2.45, 2.75) is 26.5 Å². The SMILES string of the molecule is CC(=O)c1c[nH]c(C(=O)OC(C)C(=O)NCc2ccccc2)c1. The maximum atomic E-state index is 11.9. The molecule has 0 aliphatic carbocycles. The molecule has 1 unspecified atom stereocenters. The molecule has 2 N–H and O–H groups in total. The number of hydrogen-bond acceptors (Lipinski definition) is 4. The number of amides is 1. The van der Waals surface area contributed by atoms with Crippen LogP contribution in [0.25, 0.3) is 0 Å². The molecule has 0 saturated heterocycles. The van der Waals surface area contributed by atoms with Gasteiger partial charge in [-0.05, 0) is 25.5 Å². The van der Waals surface area contributed by atoms with Gasteiger partial charge in [0, 0.05) is 18.3 Å². The molecule has 0 bridgehead atoms. The minimum atomic E-state index is -0.935. The summed E-state index contributed by atoms with van der Waals surface area (Å²) >= 11 is 0. The number of ether oxygens (including phenoxy) is 1. The molecular formula is C17H18N2O4. The molecule has 6 heteroatoms. The average molecular weight is 314 g/mol. The van der Waals surface area contributed by atoms with Gasteiger partial charge in [0.05, 0.1) is 0 Å². The van der Waals surface area contributed by atoms with Crippen LogP contribution in [0.2, 0.25) is 0 Å². The van der Waals surface area contributed by atoms with Crippen LogP contribution in [0.1, 0.15) is 40.3 Å². The van der Waals surface area contributed by atoms with Crippen molar-refractivity contribution in [2.75, 3.05) is 0 Å². The molecule has 1 aromatic carbocycles. The molecule has 6 nitrogen and oxygen atoms in total. The minimum Gasteiger partial charge on any atom is -0.448 e. The zero-order chi connectivity index (χ0) is 16.8. The molecule has 2 rings (SSSR count). The first-order chi connectivity index (χ1) is 11.0. The van der Waals surface area contributed by atoms with Crippen molar-refractivity contribution < 1.29 is 19.1 Å². The van der Waals surface area contributed by atoms with Crippen LogP contribution in [0, 0.1) is 0 Å². The Morgan fingerprint density at radius 1 is 1.22 bits per heavy atom.